The van der Waals surface area contributed by atoms with Crippen LogP contribution >= 0.6 is 11.6 Å². The van der Waals surface area contributed by atoms with Crippen LogP contribution < -0.4 is 5.32 Å². The summed E-state index contributed by atoms with van der Waals surface area (Å²) in [6.45, 7) is 5.52. The number of likely N-dealkylation sites (tertiary alicyclic amines) is 1. The van der Waals surface area contributed by atoms with Gasteiger partial charge in [0.15, 0.2) is 0 Å². The highest BCUT2D eigenvalue weighted by Crippen LogP contribution is 2.50. The number of ether oxygens (including phenoxy) is 1. The van der Waals surface area contributed by atoms with Gasteiger partial charge in [0, 0.05) is 43.5 Å². The Labute approximate surface area is 187 Å². The molecule has 6 nitrogen and oxygen atoms in total. The van der Waals surface area contributed by atoms with Gasteiger partial charge in [-0.05, 0) is 56.2 Å². The molecule has 0 saturated carbocycles. The fourth-order valence-electron chi connectivity index (χ4n) is 5.56. The second-order valence-corrected chi connectivity index (χ2v) is 9.59. The zero-order valence-electron chi connectivity index (χ0n) is 17.6. The maximum Gasteiger partial charge on any atom is 0.125 e. The van der Waals surface area contributed by atoms with Crippen molar-refractivity contribution in [3.8, 4) is 5.69 Å². The molecule has 31 heavy (non-hydrogen) atoms. The standard InChI is InChI=1S/C24H26ClN5O/c1-17-26-9-6-19(27-17)14-29-11-7-23(8-12-29)15-24(16-31-23)22-3-2-10-30(22)21-5-4-18(25)13-20(21)28-24/h2-6,9-10,13,28H,7-8,11-12,14-16H2,1H3. The molecule has 1 N–H and O–H groups in total. The lowest BCUT2D eigenvalue weighted by Gasteiger charge is -2.41. The first kappa shape index (κ1) is 19.3. The van der Waals surface area contributed by atoms with Crippen LogP contribution in [0.25, 0.3) is 5.69 Å². The smallest absolute Gasteiger partial charge is 0.125 e. The molecular formula is C24H26ClN5O. The number of piperidine rings is 1. The van der Waals surface area contributed by atoms with E-state index in [1.54, 1.807) is 0 Å². The van der Waals surface area contributed by atoms with Crippen molar-refractivity contribution in [3.05, 3.63) is 71.0 Å². The van der Waals surface area contributed by atoms with Gasteiger partial charge in [-0.2, -0.15) is 0 Å². The average Bonchev–Trinajstić information content (AvgIpc) is 3.37. The molecule has 2 fully saturated rings. The number of anilines is 1. The Morgan fingerprint density at radius 3 is 2.90 bits per heavy atom. The monoisotopic (exact) mass is 435 g/mol. The molecule has 0 amide bonds. The topological polar surface area (TPSA) is 55.2 Å². The normalized spacial score (nSPS) is 24.2. The van der Waals surface area contributed by atoms with E-state index in [0.29, 0.717) is 6.61 Å². The predicted molar refractivity (Wildman–Crippen MR) is 121 cm³/mol. The first-order chi connectivity index (χ1) is 15.0. The van der Waals surface area contributed by atoms with Crippen molar-refractivity contribution in [1.82, 2.24) is 19.4 Å². The van der Waals surface area contributed by atoms with Crippen molar-refractivity contribution in [2.45, 2.75) is 43.9 Å². The van der Waals surface area contributed by atoms with Crippen LogP contribution in [0.4, 0.5) is 5.69 Å². The number of rotatable bonds is 2. The molecule has 0 aliphatic carbocycles. The van der Waals surface area contributed by atoms with Crippen molar-refractivity contribution < 1.29 is 4.74 Å². The average molecular weight is 436 g/mol. The quantitative estimate of drug-likeness (QED) is 0.650. The number of nitrogens with one attached hydrogen (secondary N) is 1. The summed E-state index contributed by atoms with van der Waals surface area (Å²) < 4.78 is 8.89. The highest BCUT2D eigenvalue weighted by molar-refractivity contribution is 6.31. The summed E-state index contributed by atoms with van der Waals surface area (Å²) in [5, 5.41) is 4.57. The van der Waals surface area contributed by atoms with Gasteiger partial charge in [0.1, 0.15) is 11.4 Å². The van der Waals surface area contributed by atoms with Gasteiger partial charge in [0.2, 0.25) is 0 Å². The molecule has 7 heteroatoms. The van der Waals surface area contributed by atoms with Crippen LogP contribution in [0, 0.1) is 6.92 Å². The number of hydrogen-bond donors (Lipinski definition) is 1. The van der Waals surface area contributed by atoms with Crippen LogP contribution in [-0.4, -0.2) is 44.7 Å². The number of halogens is 1. The molecule has 1 atom stereocenters. The van der Waals surface area contributed by atoms with Gasteiger partial charge >= 0.3 is 0 Å². The molecule has 3 aliphatic rings. The summed E-state index contributed by atoms with van der Waals surface area (Å²) in [7, 11) is 0. The fraction of sp³-hybridized carbons (Fsp3) is 0.417. The summed E-state index contributed by atoms with van der Waals surface area (Å²) in [5.74, 6) is 0.832. The summed E-state index contributed by atoms with van der Waals surface area (Å²) in [6.07, 6.45) is 7.02. The van der Waals surface area contributed by atoms with E-state index < -0.39 is 0 Å². The minimum absolute atomic E-state index is 0.0870. The third-order valence-electron chi connectivity index (χ3n) is 7.07. The van der Waals surface area contributed by atoms with Crippen LogP contribution in [-0.2, 0) is 16.8 Å². The van der Waals surface area contributed by atoms with Gasteiger partial charge < -0.3 is 14.6 Å². The lowest BCUT2D eigenvalue weighted by molar-refractivity contribution is -0.0453. The van der Waals surface area contributed by atoms with E-state index in [1.807, 2.05) is 31.3 Å². The van der Waals surface area contributed by atoms with Gasteiger partial charge in [-0.1, -0.05) is 11.6 Å². The van der Waals surface area contributed by atoms with Gasteiger partial charge in [-0.3, -0.25) is 4.90 Å². The van der Waals surface area contributed by atoms with E-state index in [1.165, 1.54) is 5.69 Å². The molecule has 160 valence electrons. The molecule has 2 aromatic heterocycles. The second kappa shape index (κ2) is 7.05. The highest BCUT2D eigenvalue weighted by atomic mass is 35.5. The Morgan fingerprint density at radius 2 is 2.06 bits per heavy atom. The van der Waals surface area contributed by atoms with Crippen LogP contribution in [0.5, 0.6) is 0 Å². The van der Waals surface area contributed by atoms with Crippen molar-refractivity contribution in [2.75, 3.05) is 25.0 Å². The van der Waals surface area contributed by atoms with Gasteiger partial charge in [0.05, 0.1) is 35.0 Å². The molecule has 3 aromatic rings. The molecule has 2 spiro atoms. The van der Waals surface area contributed by atoms with Crippen molar-refractivity contribution in [3.63, 3.8) is 0 Å². The summed E-state index contributed by atoms with van der Waals surface area (Å²) >= 11 is 6.31. The first-order valence-electron chi connectivity index (χ1n) is 11.0. The number of fused-ring (bicyclic) bond motifs is 4. The summed E-state index contributed by atoms with van der Waals surface area (Å²) in [4.78, 5) is 11.3. The third-order valence-corrected chi connectivity index (χ3v) is 7.30. The highest BCUT2D eigenvalue weighted by Gasteiger charge is 2.53. The lowest BCUT2D eigenvalue weighted by atomic mass is 9.79. The fourth-order valence-corrected chi connectivity index (χ4v) is 5.73. The van der Waals surface area contributed by atoms with Gasteiger partial charge in [-0.15, -0.1) is 0 Å². The Bertz CT molecular complexity index is 1140. The Morgan fingerprint density at radius 1 is 1.19 bits per heavy atom. The van der Waals surface area contributed by atoms with E-state index in [4.69, 9.17) is 16.3 Å². The van der Waals surface area contributed by atoms with Gasteiger partial charge in [0.25, 0.3) is 0 Å². The lowest BCUT2D eigenvalue weighted by Crippen LogP contribution is -2.46. The number of aromatic nitrogens is 3. The summed E-state index contributed by atoms with van der Waals surface area (Å²) in [5.41, 5.74) is 4.29. The number of hydrogen-bond acceptors (Lipinski definition) is 5. The van der Waals surface area contributed by atoms with E-state index in [9.17, 15) is 0 Å². The minimum Gasteiger partial charge on any atom is -0.372 e. The summed E-state index contributed by atoms with van der Waals surface area (Å²) in [6, 6.07) is 12.4. The van der Waals surface area contributed by atoms with Crippen LogP contribution in [0.3, 0.4) is 0 Å². The molecule has 3 aliphatic heterocycles. The molecule has 1 aromatic carbocycles. The maximum absolute atomic E-state index is 6.60. The number of nitrogens with zero attached hydrogens (tertiary/aromatic N) is 4. The largest absolute Gasteiger partial charge is 0.372 e. The zero-order chi connectivity index (χ0) is 21.1. The minimum atomic E-state index is -0.215. The first-order valence-corrected chi connectivity index (χ1v) is 11.3. The molecule has 0 bridgehead atoms. The number of benzene rings is 1. The van der Waals surface area contributed by atoms with Gasteiger partial charge in [-0.25, -0.2) is 9.97 Å². The van der Waals surface area contributed by atoms with E-state index in [-0.39, 0.29) is 11.1 Å². The van der Waals surface area contributed by atoms with Crippen molar-refractivity contribution in [1.29, 1.82) is 0 Å². The van der Waals surface area contributed by atoms with E-state index >= 15 is 0 Å². The Hall–Kier alpha value is -2.41. The van der Waals surface area contributed by atoms with Crippen LogP contribution in [0.1, 0.15) is 36.5 Å². The van der Waals surface area contributed by atoms with Crippen LogP contribution in [0.15, 0.2) is 48.8 Å². The zero-order valence-corrected chi connectivity index (χ0v) is 18.4. The SMILES string of the molecule is Cc1nccc(CN2CCC3(CC2)CC2(CO3)Nc3cc(Cl)ccc3-n3cccc32)n1. The number of aryl methyl sites for hydroxylation is 1. The molecule has 1 unspecified atom stereocenters. The molecule has 0 radical (unpaired) electrons. The second-order valence-electron chi connectivity index (χ2n) is 9.15. The predicted octanol–water partition coefficient (Wildman–Crippen LogP) is 4.31. The van der Waals surface area contributed by atoms with Crippen molar-refractivity contribution in [2.24, 2.45) is 0 Å². The third kappa shape index (κ3) is 3.25. The molecule has 2 saturated heterocycles. The molecular weight excluding hydrogens is 410 g/mol. The molecule has 6 rings (SSSR count). The Kier molecular flexibility index (Phi) is 4.39. The van der Waals surface area contributed by atoms with E-state index in [2.05, 4.69) is 49.1 Å². The molecule has 5 heterocycles. The van der Waals surface area contributed by atoms with Crippen molar-refractivity contribution >= 4 is 17.3 Å². The Balaban J connectivity index is 1.21. The maximum atomic E-state index is 6.60. The van der Waals surface area contributed by atoms with E-state index in [0.717, 1.165) is 66.8 Å². The van der Waals surface area contributed by atoms with Crippen LogP contribution in [0.2, 0.25) is 5.02 Å².